The molecule has 1 amide bonds. The van der Waals surface area contributed by atoms with Gasteiger partial charge in [-0.2, -0.15) is 4.98 Å². The second kappa shape index (κ2) is 8.87. The zero-order valence-electron chi connectivity index (χ0n) is 17.3. The maximum Gasteiger partial charge on any atom is 0.342 e. The van der Waals surface area contributed by atoms with Gasteiger partial charge < -0.3 is 24.9 Å². The molecule has 1 aromatic carbocycles. The smallest absolute Gasteiger partial charge is 0.342 e. The zero-order valence-corrected chi connectivity index (χ0v) is 18.2. The van der Waals surface area contributed by atoms with Gasteiger partial charge >= 0.3 is 11.9 Å². The molecule has 1 unspecified atom stereocenters. The molecule has 0 fully saturated rings. The van der Waals surface area contributed by atoms with Crippen molar-refractivity contribution in [3.63, 3.8) is 0 Å². The normalized spacial score (nSPS) is 15.2. The molecular weight excluding hydrogens is 436 g/mol. The summed E-state index contributed by atoms with van der Waals surface area (Å²) in [5, 5.41) is 2.43. The number of ether oxygens (including phenoxy) is 2. The second-order valence-corrected chi connectivity index (χ2v) is 8.16. The van der Waals surface area contributed by atoms with Gasteiger partial charge in [-0.15, -0.1) is 11.8 Å². The molecule has 0 saturated heterocycles. The maximum atomic E-state index is 12.3. The van der Waals surface area contributed by atoms with Crippen molar-refractivity contribution in [2.24, 2.45) is 0 Å². The minimum Gasteiger partial charge on any atom is -0.462 e. The molecule has 3 aromatic rings. The van der Waals surface area contributed by atoms with Crippen LogP contribution < -0.4 is 11.1 Å². The summed E-state index contributed by atoms with van der Waals surface area (Å²) >= 11 is 1.31. The predicted molar refractivity (Wildman–Crippen MR) is 116 cm³/mol. The summed E-state index contributed by atoms with van der Waals surface area (Å²) in [6.45, 7) is 3.22. The summed E-state index contributed by atoms with van der Waals surface area (Å²) in [5.74, 6) is -0.997. The summed E-state index contributed by atoms with van der Waals surface area (Å²) < 4.78 is 15.8. The van der Waals surface area contributed by atoms with E-state index in [0.29, 0.717) is 5.76 Å². The van der Waals surface area contributed by atoms with Gasteiger partial charge in [0.25, 0.3) is 0 Å². The average Bonchev–Trinajstić information content (AvgIpc) is 3.09. The lowest BCUT2D eigenvalue weighted by Crippen LogP contribution is -2.31. The Morgan fingerprint density at radius 2 is 2.03 bits per heavy atom. The van der Waals surface area contributed by atoms with Gasteiger partial charge in [0.05, 0.1) is 29.4 Å². The summed E-state index contributed by atoms with van der Waals surface area (Å²) in [6, 6.07) is 7.36. The van der Waals surface area contributed by atoms with Gasteiger partial charge in [0.2, 0.25) is 11.6 Å². The average molecular weight is 456 g/mol. The van der Waals surface area contributed by atoms with Gasteiger partial charge in [-0.1, -0.05) is 12.1 Å². The molecule has 0 aliphatic carbocycles. The van der Waals surface area contributed by atoms with Crippen LogP contribution in [0.1, 0.15) is 35.3 Å². The molecular formula is C21H20N4O6S. The molecule has 3 N–H and O–H groups in total. The monoisotopic (exact) mass is 456 g/mol. The van der Waals surface area contributed by atoms with Crippen LogP contribution in [-0.2, 0) is 25.7 Å². The number of nitrogens with zero attached hydrogens (tertiary/aromatic N) is 2. The third kappa shape index (κ3) is 4.24. The number of rotatable bonds is 6. The van der Waals surface area contributed by atoms with Crippen molar-refractivity contribution in [1.29, 1.82) is 0 Å². The van der Waals surface area contributed by atoms with Crippen LogP contribution in [0.4, 0.5) is 11.5 Å². The quantitative estimate of drug-likeness (QED) is 0.531. The number of hydrogen-bond acceptors (Lipinski definition) is 10. The number of anilines is 2. The Bertz CT molecular complexity index is 1220. The van der Waals surface area contributed by atoms with E-state index in [4.69, 9.17) is 19.6 Å². The fourth-order valence-electron chi connectivity index (χ4n) is 3.28. The van der Waals surface area contributed by atoms with Crippen molar-refractivity contribution in [3.8, 4) is 0 Å². The molecule has 10 nitrogen and oxygen atoms in total. The molecule has 4 rings (SSSR count). The standard InChI is InChI=1S/C21H20N4O6S/c1-3-29-21(28)16-10(2)31-20-17(16)18(22)24-14(25-20)9-30-15(26)8-13-19(27)23-11-6-4-5-7-12(11)32-13/h4-7,13H,3,8-9H2,1-2H3,(H,23,27)(H2,22,24,25). The molecule has 1 aliphatic heterocycles. The van der Waals surface area contributed by atoms with Crippen molar-refractivity contribution in [2.45, 2.75) is 37.0 Å². The lowest BCUT2D eigenvalue weighted by molar-refractivity contribution is -0.146. The third-order valence-corrected chi connectivity index (χ3v) is 5.98. The number of para-hydroxylation sites is 1. The van der Waals surface area contributed by atoms with Gasteiger partial charge in [0.1, 0.15) is 17.1 Å². The number of benzene rings is 1. The van der Waals surface area contributed by atoms with Crippen LogP contribution in [0.3, 0.4) is 0 Å². The van der Waals surface area contributed by atoms with E-state index in [1.807, 2.05) is 18.2 Å². The first kappa shape index (κ1) is 21.6. The second-order valence-electron chi connectivity index (χ2n) is 6.92. The Hall–Kier alpha value is -3.60. The number of hydrogen-bond donors (Lipinski definition) is 2. The number of nitrogens with one attached hydrogen (secondary N) is 1. The number of carbonyl (C=O) groups is 3. The lowest BCUT2D eigenvalue weighted by Gasteiger charge is -2.23. The summed E-state index contributed by atoms with van der Waals surface area (Å²) in [6.07, 6.45) is -0.116. The van der Waals surface area contributed by atoms with Gasteiger partial charge in [-0.05, 0) is 26.0 Å². The minimum atomic E-state index is -0.606. The Morgan fingerprint density at radius 1 is 1.25 bits per heavy atom. The number of esters is 2. The number of aromatic nitrogens is 2. The molecule has 0 saturated carbocycles. The summed E-state index contributed by atoms with van der Waals surface area (Å²) in [5.41, 5.74) is 7.00. The molecule has 0 spiro atoms. The number of nitrogen functional groups attached to an aromatic ring is 1. The van der Waals surface area contributed by atoms with Crippen molar-refractivity contribution in [1.82, 2.24) is 9.97 Å². The molecule has 0 bridgehead atoms. The fraction of sp³-hybridized carbons (Fsp3) is 0.286. The number of thioether (sulfide) groups is 1. The van der Waals surface area contributed by atoms with Crippen LogP contribution >= 0.6 is 11.8 Å². The van der Waals surface area contributed by atoms with Gasteiger partial charge in [0, 0.05) is 4.90 Å². The lowest BCUT2D eigenvalue weighted by atomic mass is 10.2. The molecule has 1 atom stereocenters. The van der Waals surface area contributed by atoms with E-state index in [1.165, 1.54) is 11.8 Å². The first-order valence-corrected chi connectivity index (χ1v) is 10.7. The minimum absolute atomic E-state index is 0.0137. The predicted octanol–water partition coefficient (Wildman–Crippen LogP) is 2.84. The van der Waals surface area contributed by atoms with Crippen LogP contribution in [0.25, 0.3) is 11.1 Å². The van der Waals surface area contributed by atoms with Crippen LogP contribution in [0, 0.1) is 6.92 Å². The maximum absolute atomic E-state index is 12.3. The Balaban J connectivity index is 1.44. The van der Waals surface area contributed by atoms with Gasteiger partial charge in [-0.25, -0.2) is 9.78 Å². The fourth-order valence-corrected chi connectivity index (χ4v) is 4.37. The van der Waals surface area contributed by atoms with E-state index in [9.17, 15) is 14.4 Å². The molecule has 32 heavy (non-hydrogen) atoms. The Morgan fingerprint density at radius 3 is 2.81 bits per heavy atom. The number of nitrogens with two attached hydrogens (primary N) is 1. The highest BCUT2D eigenvalue weighted by atomic mass is 32.2. The van der Waals surface area contributed by atoms with Crippen molar-refractivity contribution < 1.29 is 28.3 Å². The number of furan rings is 1. The van der Waals surface area contributed by atoms with Gasteiger partial charge in [-0.3, -0.25) is 9.59 Å². The number of fused-ring (bicyclic) bond motifs is 2. The van der Waals surface area contributed by atoms with Crippen LogP contribution in [0.5, 0.6) is 0 Å². The van der Waals surface area contributed by atoms with Crippen molar-refractivity contribution in [3.05, 3.63) is 41.4 Å². The molecule has 3 heterocycles. The highest BCUT2D eigenvalue weighted by Gasteiger charge is 2.30. The summed E-state index contributed by atoms with van der Waals surface area (Å²) in [4.78, 5) is 46.0. The topological polar surface area (TPSA) is 147 Å². The first-order chi connectivity index (χ1) is 15.4. The Kier molecular flexibility index (Phi) is 5.99. The molecule has 11 heteroatoms. The number of carbonyl (C=O) groups excluding carboxylic acids is 3. The van der Waals surface area contributed by atoms with E-state index in [-0.39, 0.29) is 53.8 Å². The van der Waals surface area contributed by atoms with E-state index in [1.54, 1.807) is 19.9 Å². The Labute approximate surface area is 186 Å². The third-order valence-electron chi connectivity index (χ3n) is 4.70. The van der Waals surface area contributed by atoms with Crippen LogP contribution in [0.15, 0.2) is 33.6 Å². The summed E-state index contributed by atoms with van der Waals surface area (Å²) in [7, 11) is 0. The molecule has 166 valence electrons. The first-order valence-electron chi connectivity index (χ1n) is 9.82. The SMILES string of the molecule is CCOC(=O)c1c(C)oc2nc(COC(=O)CC3Sc4ccccc4NC3=O)nc(N)c12. The van der Waals surface area contributed by atoms with Crippen LogP contribution in [-0.4, -0.2) is 39.7 Å². The van der Waals surface area contributed by atoms with Crippen molar-refractivity contribution in [2.75, 3.05) is 17.7 Å². The van der Waals surface area contributed by atoms with E-state index in [0.717, 1.165) is 10.6 Å². The molecule has 2 aromatic heterocycles. The molecule has 1 aliphatic rings. The van der Waals surface area contributed by atoms with E-state index >= 15 is 0 Å². The number of amides is 1. The highest BCUT2D eigenvalue weighted by molar-refractivity contribution is 8.01. The van der Waals surface area contributed by atoms with E-state index in [2.05, 4.69) is 15.3 Å². The van der Waals surface area contributed by atoms with Crippen molar-refractivity contribution >= 4 is 52.2 Å². The van der Waals surface area contributed by atoms with E-state index < -0.39 is 17.2 Å². The largest absolute Gasteiger partial charge is 0.462 e. The van der Waals surface area contributed by atoms with Gasteiger partial charge in [0.15, 0.2) is 12.4 Å². The number of aryl methyl sites for hydroxylation is 1. The highest BCUT2D eigenvalue weighted by Crippen LogP contribution is 2.36. The van der Waals surface area contributed by atoms with Crippen LogP contribution in [0.2, 0.25) is 0 Å². The molecule has 0 radical (unpaired) electrons. The zero-order chi connectivity index (χ0) is 22.8.